The first-order valence-corrected chi connectivity index (χ1v) is 10.8. The van der Waals surface area contributed by atoms with Gasteiger partial charge >= 0.3 is 5.97 Å². The maximum absolute atomic E-state index is 14.3. The number of anilines is 1. The average Bonchev–Trinajstić information content (AvgIpc) is 2.67. The number of nitro benzene ring substituents is 1. The number of ether oxygens (including phenoxy) is 1. The summed E-state index contributed by atoms with van der Waals surface area (Å²) >= 11 is 0. The minimum absolute atomic E-state index is 0.107. The Labute approximate surface area is 177 Å². The lowest BCUT2D eigenvalue weighted by Crippen LogP contribution is -2.51. The third kappa shape index (κ3) is 5.90. The van der Waals surface area contributed by atoms with E-state index >= 15 is 0 Å². The second-order valence-corrected chi connectivity index (χ2v) is 9.38. The van der Waals surface area contributed by atoms with Gasteiger partial charge in [0.1, 0.15) is 5.60 Å². The number of piperazine rings is 1. The van der Waals surface area contributed by atoms with Crippen molar-refractivity contribution in [1.82, 2.24) is 4.90 Å². The predicted octanol–water partition coefficient (Wildman–Crippen LogP) is 4.15. The molecule has 1 aliphatic heterocycles. The van der Waals surface area contributed by atoms with Gasteiger partial charge in [-0.3, -0.25) is 19.8 Å². The molecule has 0 aromatic heterocycles. The van der Waals surface area contributed by atoms with Crippen LogP contribution in [0.25, 0.3) is 0 Å². The number of nitrogens with zero attached hydrogens (tertiary/aromatic N) is 3. The molecule has 1 aromatic rings. The third-order valence-electron chi connectivity index (χ3n) is 6.01. The molecule has 1 saturated heterocycles. The Bertz CT molecular complexity index is 764. The van der Waals surface area contributed by atoms with Crippen LogP contribution in [0, 0.1) is 21.8 Å². The summed E-state index contributed by atoms with van der Waals surface area (Å²) in [6, 6.07) is 4.36. The Hall–Kier alpha value is -2.22. The van der Waals surface area contributed by atoms with Gasteiger partial charge in [-0.1, -0.05) is 0 Å². The van der Waals surface area contributed by atoms with Gasteiger partial charge in [0, 0.05) is 44.7 Å². The summed E-state index contributed by atoms with van der Waals surface area (Å²) in [4.78, 5) is 26.7. The number of carbonyl (C=O) groups excluding carboxylic acids is 1. The van der Waals surface area contributed by atoms with E-state index in [1.165, 1.54) is 12.1 Å². The van der Waals surface area contributed by atoms with Gasteiger partial charge in [-0.25, -0.2) is 4.39 Å². The summed E-state index contributed by atoms with van der Waals surface area (Å²) in [6.45, 7) is 8.77. The third-order valence-corrected chi connectivity index (χ3v) is 6.01. The molecule has 1 aromatic carbocycles. The highest BCUT2D eigenvalue weighted by Crippen LogP contribution is 2.32. The molecule has 0 N–H and O–H groups in total. The van der Waals surface area contributed by atoms with Gasteiger partial charge in [0.15, 0.2) is 5.82 Å². The van der Waals surface area contributed by atoms with Crippen LogP contribution in [0.5, 0.6) is 0 Å². The van der Waals surface area contributed by atoms with Crippen molar-refractivity contribution in [3.63, 3.8) is 0 Å². The molecule has 0 bridgehead atoms. The average molecular weight is 422 g/mol. The number of hydrogen-bond acceptors (Lipinski definition) is 6. The predicted molar refractivity (Wildman–Crippen MR) is 113 cm³/mol. The molecule has 0 amide bonds. The van der Waals surface area contributed by atoms with Gasteiger partial charge in [-0.05, 0) is 58.4 Å². The van der Waals surface area contributed by atoms with Crippen molar-refractivity contribution in [3.8, 4) is 0 Å². The van der Waals surface area contributed by atoms with E-state index < -0.39 is 16.3 Å². The molecule has 1 saturated carbocycles. The lowest BCUT2D eigenvalue weighted by Gasteiger charge is -2.42. The van der Waals surface area contributed by atoms with Crippen LogP contribution in [-0.2, 0) is 9.53 Å². The van der Waals surface area contributed by atoms with Crippen molar-refractivity contribution < 1.29 is 18.8 Å². The topological polar surface area (TPSA) is 75.9 Å². The zero-order chi connectivity index (χ0) is 21.9. The van der Waals surface area contributed by atoms with Crippen molar-refractivity contribution in [2.45, 2.75) is 64.5 Å². The summed E-state index contributed by atoms with van der Waals surface area (Å²) < 4.78 is 19.7. The van der Waals surface area contributed by atoms with E-state index in [2.05, 4.69) is 4.90 Å². The highest BCUT2D eigenvalue weighted by Gasteiger charge is 2.30. The van der Waals surface area contributed by atoms with Crippen molar-refractivity contribution in [2.24, 2.45) is 5.92 Å². The van der Waals surface area contributed by atoms with Gasteiger partial charge in [0.25, 0.3) is 5.69 Å². The Morgan fingerprint density at radius 2 is 1.80 bits per heavy atom. The smallest absolute Gasteiger partial charge is 0.306 e. The Balaban J connectivity index is 1.45. The summed E-state index contributed by atoms with van der Waals surface area (Å²) in [6.07, 6.45) is 4.69. The highest BCUT2D eigenvalue weighted by molar-refractivity contribution is 5.70. The fourth-order valence-electron chi connectivity index (χ4n) is 4.53. The van der Waals surface area contributed by atoms with Gasteiger partial charge < -0.3 is 9.64 Å². The molecule has 8 heteroatoms. The lowest BCUT2D eigenvalue weighted by atomic mass is 9.83. The van der Waals surface area contributed by atoms with Crippen LogP contribution in [0.3, 0.4) is 0 Å². The Kier molecular flexibility index (Phi) is 6.95. The number of non-ortho nitro benzene ring substituents is 1. The van der Waals surface area contributed by atoms with E-state index in [-0.39, 0.29) is 11.7 Å². The largest absolute Gasteiger partial charge is 0.460 e. The molecule has 30 heavy (non-hydrogen) atoms. The Morgan fingerprint density at radius 3 is 2.33 bits per heavy atom. The molecule has 0 atom stereocenters. The van der Waals surface area contributed by atoms with E-state index in [4.69, 9.17) is 4.74 Å². The number of rotatable bonds is 5. The highest BCUT2D eigenvalue weighted by atomic mass is 19.1. The molecule has 1 aliphatic carbocycles. The zero-order valence-electron chi connectivity index (χ0n) is 18.1. The fraction of sp³-hybridized carbons (Fsp3) is 0.682. The van der Waals surface area contributed by atoms with Crippen LogP contribution >= 0.6 is 0 Å². The minimum Gasteiger partial charge on any atom is -0.460 e. The van der Waals surface area contributed by atoms with Crippen LogP contribution in [0.2, 0.25) is 0 Å². The van der Waals surface area contributed by atoms with Crippen LogP contribution in [0.1, 0.15) is 52.9 Å². The van der Waals surface area contributed by atoms with Crippen molar-refractivity contribution >= 4 is 17.3 Å². The molecule has 0 unspecified atom stereocenters. The molecule has 0 radical (unpaired) electrons. The van der Waals surface area contributed by atoms with E-state index in [1.807, 2.05) is 25.7 Å². The molecule has 2 fully saturated rings. The molecule has 2 aliphatic rings. The number of esters is 1. The lowest BCUT2D eigenvalue weighted by molar-refractivity contribution is -0.385. The second kappa shape index (κ2) is 9.29. The molecule has 7 nitrogen and oxygen atoms in total. The molecule has 1 heterocycles. The van der Waals surface area contributed by atoms with Gasteiger partial charge in [0.2, 0.25) is 0 Å². The first-order chi connectivity index (χ1) is 14.1. The van der Waals surface area contributed by atoms with Gasteiger partial charge in [-0.15, -0.1) is 0 Å². The molecule has 3 rings (SSSR count). The monoisotopic (exact) mass is 421 g/mol. The van der Waals surface area contributed by atoms with Gasteiger partial charge in [-0.2, -0.15) is 0 Å². The number of hydrogen-bond donors (Lipinski definition) is 0. The molecular weight excluding hydrogens is 389 g/mol. The van der Waals surface area contributed by atoms with Crippen molar-refractivity contribution in [3.05, 3.63) is 34.1 Å². The van der Waals surface area contributed by atoms with Crippen LogP contribution in [-0.4, -0.2) is 53.6 Å². The minimum atomic E-state index is -0.579. The normalized spacial score (nSPS) is 23.3. The summed E-state index contributed by atoms with van der Waals surface area (Å²) in [5, 5.41) is 10.8. The quantitative estimate of drug-likeness (QED) is 0.404. The molecule has 0 spiro atoms. The van der Waals surface area contributed by atoms with E-state index in [9.17, 15) is 19.3 Å². The van der Waals surface area contributed by atoms with Gasteiger partial charge in [0.05, 0.1) is 16.7 Å². The van der Waals surface area contributed by atoms with E-state index in [1.54, 1.807) is 0 Å². The van der Waals surface area contributed by atoms with Crippen molar-refractivity contribution in [1.29, 1.82) is 0 Å². The first-order valence-electron chi connectivity index (χ1n) is 10.8. The van der Waals surface area contributed by atoms with E-state index in [0.717, 1.165) is 44.8 Å². The summed E-state index contributed by atoms with van der Waals surface area (Å²) in [7, 11) is 0. The SMILES string of the molecule is CC(C)(C)OC(=O)C[C@H]1CC[C@H](N2CCN(c3ccc([N+](=O)[O-])cc3F)CC2)CC1. The molecule has 166 valence electrons. The fourth-order valence-corrected chi connectivity index (χ4v) is 4.53. The number of carbonyl (C=O) groups is 1. The number of nitro groups is 1. The van der Waals surface area contributed by atoms with Crippen LogP contribution in [0.15, 0.2) is 18.2 Å². The van der Waals surface area contributed by atoms with Crippen LogP contribution < -0.4 is 4.90 Å². The summed E-state index contributed by atoms with van der Waals surface area (Å²) in [5.74, 6) is -0.253. The maximum atomic E-state index is 14.3. The first kappa shape index (κ1) is 22.5. The van der Waals surface area contributed by atoms with E-state index in [0.29, 0.717) is 37.2 Å². The number of halogens is 1. The standard InChI is InChI=1S/C22H32FN3O4/c1-22(2,3)30-21(27)14-16-4-6-17(7-5-16)24-10-12-25(13-11-24)20-9-8-18(26(28)29)15-19(20)23/h8-9,15-17H,4-7,10-14H2,1-3H3/t16-,17-. The zero-order valence-corrected chi connectivity index (χ0v) is 18.1. The second-order valence-electron chi connectivity index (χ2n) is 9.38. The Morgan fingerprint density at radius 1 is 1.17 bits per heavy atom. The maximum Gasteiger partial charge on any atom is 0.306 e. The molecular formula is C22H32FN3O4. The summed E-state index contributed by atoms with van der Waals surface area (Å²) in [5.41, 5.74) is -0.226. The van der Waals surface area contributed by atoms with Crippen molar-refractivity contribution in [2.75, 3.05) is 31.1 Å². The van der Waals surface area contributed by atoms with Crippen LogP contribution in [0.4, 0.5) is 15.8 Å². The number of benzene rings is 1.